The predicted molar refractivity (Wildman–Crippen MR) is 80.0 cm³/mol. The highest BCUT2D eigenvalue weighted by molar-refractivity contribution is 6.02. The van der Waals surface area contributed by atoms with Crippen molar-refractivity contribution in [1.29, 1.82) is 0 Å². The van der Waals surface area contributed by atoms with Gasteiger partial charge in [0, 0.05) is 17.5 Å². The number of benzene rings is 2. The largest absolute Gasteiger partial charge is 0.416 e. The van der Waals surface area contributed by atoms with Crippen LogP contribution in [0.2, 0.25) is 0 Å². The molecule has 2 rings (SSSR count). The highest BCUT2D eigenvalue weighted by Gasteiger charge is 2.32. The molecule has 6 heteroatoms. The summed E-state index contributed by atoms with van der Waals surface area (Å²) >= 11 is 0. The first-order valence-corrected chi connectivity index (χ1v) is 6.37. The average Bonchev–Trinajstić information content (AvgIpc) is 2.44. The van der Waals surface area contributed by atoms with Crippen molar-refractivity contribution < 1.29 is 18.0 Å². The summed E-state index contributed by atoms with van der Waals surface area (Å²) in [5.74, 6) is -0.539. The third-order valence-electron chi connectivity index (χ3n) is 2.83. The lowest BCUT2D eigenvalue weighted by atomic mass is 10.1. The molecule has 0 fully saturated rings. The Labute approximate surface area is 125 Å². The second-order valence-electron chi connectivity index (χ2n) is 4.53. The fraction of sp³-hybridized carbons (Fsp3) is 0.0625. The lowest BCUT2D eigenvalue weighted by molar-refractivity contribution is -0.137. The molecule has 3 nitrogen and oxygen atoms in total. The summed E-state index contributed by atoms with van der Waals surface area (Å²) < 4.78 is 38.4. The Hall–Kier alpha value is -2.76. The smallest absolute Gasteiger partial charge is 0.399 e. The van der Waals surface area contributed by atoms with Crippen LogP contribution in [0.4, 0.5) is 24.5 Å². The highest BCUT2D eigenvalue weighted by atomic mass is 19.4. The highest BCUT2D eigenvalue weighted by Crippen LogP contribution is 2.32. The van der Waals surface area contributed by atoms with Gasteiger partial charge in [0.15, 0.2) is 0 Å². The van der Waals surface area contributed by atoms with Gasteiger partial charge in [0.2, 0.25) is 5.91 Å². The average molecular weight is 306 g/mol. The van der Waals surface area contributed by atoms with Gasteiger partial charge in [0.05, 0.1) is 5.56 Å². The Bertz CT molecular complexity index is 709. The molecule has 2 aromatic carbocycles. The number of nitrogen functional groups attached to an aromatic ring is 1. The number of carbonyl (C=O) groups is 1. The van der Waals surface area contributed by atoms with Crippen LogP contribution >= 0.6 is 0 Å². The molecule has 1 amide bonds. The van der Waals surface area contributed by atoms with E-state index in [1.54, 1.807) is 24.3 Å². The number of anilines is 2. The Kier molecular flexibility index (Phi) is 4.50. The molecule has 0 spiro atoms. The van der Waals surface area contributed by atoms with Gasteiger partial charge >= 0.3 is 6.18 Å². The summed E-state index contributed by atoms with van der Waals surface area (Å²) in [5, 5.41) is 2.52. The lowest BCUT2D eigenvalue weighted by Gasteiger charge is -2.09. The number of nitrogens with two attached hydrogens (primary N) is 1. The Morgan fingerprint density at radius 3 is 2.50 bits per heavy atom. The first-order chi connectivity index (χ1) is 10.4. The zero-order valence-corrected chi connectivity index (χ0v) is 11.4. The molecular weight excluding hydrogens is 293 g/mol. The normalized spacial score (nSPS) is 11.6. The first kappa shape index (κ1) is 15.6. The van der Waals surface area contributed by atoms with Gasteiger partial charge in [0.1, 0.15) is 0 Å². The SMILES string of the molecule is Nc1cccc(NC(=O)C=Cc2ccccc2C(F)(F)F)c1. The minimum Gasteiger partial charge on any atom is -0.399 e. The van der Waals surface area contributed by atoms with Gasteiger partial charge in [-0.3, -0.25) is 4.79 Å². The van der Waals surface area contributed by atoms with Crippen LogP contribution in [0.3, 0.4) is 0 Å². The van der Waals surface area contributed by atoms with E-state index in [0.29, 0.717) is 11.4 Å². The number of alkyl halides is 3. The van der Waals surface area contributed by atoms with Gasteiger partial charge in [0.25, 0.3) is 0 Å². The molecule has 0 aromatic heterocycles. The summed E-state index contributed by atoms with van der Waals surface area (Å²) in [6.07, 6.45) is -2.29. The lowest BCUT2D eigenvalue weighted by Crippen LogP contribution is -2.09. The molecular formula is C16H13F3N2O. The van der Waals surface area contributed by atoms with E-state index in [0.717, 1.165) is 18.2 Å². The van der Waals surface area contributed by atoms with Crippen LogP contribution in [0.15, 0.2) is 54.6 Å². The van der Waals surface area contributed by atoms with E-state index in [1.165, 1.54) is 18.2 Å². The molecule has 0 unspecified atom stereocenters. The van der Waals surface area contributed by atoms with Crippen molar-refractivity contribution in [3.63, 3.8) is 0 Å². The molecule has 114 valence electrons. The van der Waals surface area contributed by atoms with Crippen molar-refractivity contribution in [3.05, 3.63) is 65.7 Å². The van der Waals surface area contributed by atoms with Gasteiger partial charge < -0.3 is 11.1 Å². The summed E-state index contributed by atoms with van der Waals surface area (Å²) in [7, 11) is 0. The second-order valence-corrected chi connectivity index (χ2v) is 4.53. The Morgan fingerprint density at radius 1 is 1.09 bits per heavy atom. The van der Waals surface area contributed by atoms with E-state index >= 15 is 0 Å². The van der Waals surface area contributed by atoms with Crippen LogP contribution in [0.25, 0.3) is 6.08 Å². The maximum Gasteiger partial charge on any atom is 0.416 e. The zero-order valence-electron chi connectivity index (χ0n) is 11.4. The molecule has 0 atom stereocenters. The minimum absolute atomic E-state index is 0.0716. The Morgan fingerprint density at radius 2 is 1.82 bits per heavy atom. The minimum atomic E-state index is -4.47. The van der Waals surface area contributed by atoms with Crippen molar-refractivity contribution in [3.8, 4) is 0 Å². The Balaban J connectivity index is 2.14. The number of carbonyl (C=O) groups excluding carboxylic acids is 1. The fourth-order valence-electron chi connectivity index (χ4n) is 1.87. The van der Waals surface area contributed by atoms with E-state index < -0.39 is 17.6 Å². The molecule has 0 aliphatic carbocycles. The topological polar surface area (TPSA) is 55.1 Å². The molecule has 0 heterocycles. The first-order valence-electron chi connectivity index (χ1n) is 6.37. The quantitative estimate of drug-likeness (QED) is 0.666. The molecule has 0 radical (unpaired) electrons. The molecule has 3 N–H and O–H groups in total. The van der Waals surface area contributed by atoms with Gasteiger partial charge in [-0.2, -0.15) is 13.2 Å². The molecule has 0 aliphatic heterocycles. The van der Waals surface area contributed by atoms with E-state index in [-0.39, 0.29) is 5.56 Å². The van der Waals surface area contributed by atoms with Gasteiger partial charge in [-0.05, 0) is 35.9 Å². The number of amides is 1. The summed E-state index contributed by atoms with van der Waals surface area (Å²) in [6, 6.07) is 11.5. The molecule has 22 heavy (non-hydrogen) atoms. The van der Waals surface area contributed by atoms with E-state index in [1.807, 2.05) is 0 Å². The third kappa shape index (κ3) is 4.12. The van der Waals surface area contributed by atoms with Crippen molar-refractivity contribution in [2.24, 2.45) is 0 Å². The maximum atomic E-state index is 12.8. The monoisotopic (exact) mass is 306 g/mol. The van der Waals surface area contributed by atoms with Crippen molar-refractivity contribution in [2.75, 3.05) is 11.1 Å². The van der Waals surface area contributed by atoms with Crippen molar-refractivity contribution in [1.82, 2.24) is 0 Å². The molecule has 0 aliphatic rings. The van der Waals surface area contributed by atoms with Crippen molar-refractivity contribution >= 4 is 23.4 Å². The number of halogens is 3. The third-order valence-corrected chi connectivity index (χ3v) is 2.83. The number of rotatable bonds is 3. The van der Waals surface area contributed by atoms with Crippen LogP contribution in [0, 0.1) is 0 Å². The van der Waals surface area contributed by atoms with E-state index in [4.69, 9.17) is 5.73 Å². The van der Waals surface area contributed by atoms with E-state index in [2.05, 4.69) is 5.32 Å². The standard InChI is InChI=1S/C16H13F3N2O/c17-16(18,19)14-7-2-1-4-11(14)8-9-15(22)21-13-6-3-5-12(20)10-13/h1-10H,20H2,(H,21,22). The summed E-state index contributed by atoms with van der Waals surface area (Å²) in [4.78, 5) is 11.7. The van der Waals surface area contributed by atoms with Crippen LogP contribution in [0.1, 0.15) is 11.1 Å². The predicted octanol–water partition coefficient (Wildman–Crippen LogP) is 3.94. The zero-order chi connectivity index (χ0) is 16.2. The summed E-state index contributed by atoms with van der Waals surface area (Å²) in [6.45, 7) is 0. The number of hydrogen-bond acceptors (Lipinski definition) is 2. The van der Waals surface area contributed by atoms with Gasteiger partial charge in [-0.1, -0.05) is 24.3 Å². The van der Waals surface area contributed by atoms with Crippen LogP contribution < -0.4 is 11.1 Å². The fourth-order valence-corrected chi connectivity index (χ4v) is 1.87. The van der Waals surface area contributed by atoms with Crippen LogP contribution in [-0.2, 0) is 11.0 Å². The van der Waals surface area contributed by atoms with Crippen LogP contribution in [-0.4, -0.2) is 5.91 Å². The van der Waals surface area contributed by atoms with Gasteiger partial charge in [-0.15, -0.1) is 0 Å². The molecule has 0 saturated heterocycles. The summed E-state index contributed by atoms with van der Waals surface area (Å²) in [5.41, 5.74) is 5.66. The molecule has 0 saturated carbocycles. The van der Waals surface area contributed by atoms with E-state index in [9.17, 15) is 18.0 Å². The number of hydrogen-bond donors (Lipinski definition) is 2. The number of nitrogens with one attached hydrogen (secondary N) is 1. The van der Waals surface area contributed by atoms with Crippen LogP contribution in [0.5, 0.6) is 0 Å². The molecule has 2 aromatic rings. The second kappa shape index (κ2) is 6.34. The van der Waals surface area contributed by atoms with Crippen molar-refractivity contribution in [2.45, 2.75) is 6.18 Å². The molecule has 0 bridgehead atoms. The maximum absolute atomic E-state index is 12.8. The van der Waals surface area contributed by atoms with Gasteiger partial charge in [-0.25, -0.2) is 0 Å².